The fraction of sp³-hybridized carbons (Fsp3) is 0.583. The first-order chi connectivity index (χ1) is 8.77. The van der Waals surface area contributed by atoms with Crippen molar-refractivity contribution >= 4 is 17.3 Å². The van der Waals surface area contributed by atoms with E-state index in [9.17, 15) is 9.90 Å². The number of carboxylic acids is 1. The Morgan fingerprint density at radius 3 is 2.94 bits per heavy atom. The molecule has 0 aromatic carbocycles. The molecular formula is C12H18N2O3S. The molecule has 2 N–H and O–H groups in total. The highest BCUT2D eigenvalue weighted by Gasteiger charge is 2.19. The van der Waals surface area contributed by atoms with Crippen LogP contribution in [0.2, 0.25) is 0 Å². The number of rotatable bonds is 6. The van der Waals surface area contributed by atoms with E-state index in [0.717, 1.165) is 38.4 Å². The zero-order valence-corrected chi connectivity index (χ0v) is 11.0. The van der Waals surface area contributed by atoms with Crippen LogP contribution in [0.5, 0.6) is 0 Å². The van der Waals surface area contributed by atoms with E-state index in [2.05, 4.69) is 10.2 Å². The molecule has 2 rings (SSSR count). The minimum Gasteiger partial charge on any atom is -0.480 e. The first-order valence-electron chi connectivity index (χ1n) is 6.06. The predicted molar refractivity (Wildman–Crippen MR) is 70.0 cm³/mol. The lowest BCUT2D eigenvalue weighted by atomic mass is 10.1. The Labute approximate surface area is 110 Å². The molecule has 1 aliphatic heterocycles. The number of carbonyl (C=O) groups is 1. The number of ether oxygens (including phenoxy) is 1. The Bertz CT molecular complexity index is 363. The highest BCUT2D eigenvalue weighted by atomic mass is 32.1. The largest absolute Gasteiger partial charge is 0.480 e. The van der Waals surface area contributed by atoms with Gasteiger partial charge in [-0.2, -0.15) is 11.3 Å². The zero-order valence-electron chi connectivity index (χ0n) is 10.2. The first kappa shape index (κ1) is 13.5. The summed E-state index contributed by atoms with van der Waals surface area (Å²) in [4.78, 5) is 13.5. The molecule has 100 valence electrons. The van der Waals surface area contributed by atoms with Crippen LogP contribution in [-0.2, 0) is 9.53 Å². The molecule has 1 aliphatic rings. The van der Waals surface area contributed by atoms with Gasteiger partial charge in [-0.1, -0.05) is 0 Å². The van der Waals surface area contributed by atoms with Gasteiger partial charge in [-0.05, 0) is 22.4 Å². The molecule has 0 spiro atoms. The fourth-order valence-corrected chi connectivity index (χ4v) is 2.66. The van der Waals surface area contributed by atoms with Crippen LogP contribution in [0.1, 0.15) is 11.6 Å². The highest BCUT2D eigenvalue weighted by molar-refractivity contribution is 7.08. The van der Waals surface area contributed by atoms with Gasteiger partial charge in [0.05, 0.1) is 13.2 Å². The molecule has 2 heterocycles. The van der Waals surface area contributed by atoms with Gasteiger partial charge in [-0.25, -0.2) is 0 Å². The number of carboxylic acid groups (broad SMARTS) is 1. The van der Waals surface area contributed by atoms with E-state index < -0.39 is 12.0 Å². The van der Waals surface area contributed by atoms with Crippen molar-refractivity contribution in [2.75, 3.05) is 39.4 Å². The molecule has 0 aliphatic carbocycles. The number of thiophene rings is 1. The second-order valence-electron chi connectivity index (χ2n) is 4.24. The third kappa shape index (κ3) is 3.78. The third-order valence-electron chi connectivity index (χ3n) is 3.00. The lowest BCUT2D eigenvalue weighted by Gasteiger charge is -2.27. The quantitative estimate of drug-likeness (QED) is 0.800. The Morgan fingerprint density at radius 2 is 2.33 bits per heavy atom. The summed E-state index contributed by atoms with van der Waals surface area (Å²) >= 11 is 1.52. The number of hydrogen-bond donors (Lipinski definition) is 2. The summed E-state index contributed by atoms with van der Waals surface area (Å²) < 4.78 is 5.27. The molecule has 5 nitrogen and oxygen atoms in total. The van der Waals surface area contributed by atoms with Crippen molar-refractivity contribution in [3.63, 3.8) is 0 Å². The maximum atomic E-state index is 11.2. The molecular weight excluding hydrogens is 252 g/mol. The van der Waals surface area contributed by atoms with Gasteiger partial charge in [0.25, 0.3) is 0 Å². The Balaban J connectivity index is 1.77. The zero-order chi connectivity index (χ0) is 12.8. The molecule has 6 heteroatoms. The molecule has 1 aromatic heterocycles. The van der Waals surface area contributed by atoms with Crippen molar-refractivity contribution in [2.24, 2.45) is 0 Å². The van der Waals surface area contributed by atoms with Gasteiger partial charge < -0.3 is 9.84 Å². The summed E-state index contributed by atoms with van der Waals surface area (Å²) in [5, 5.41) is 16.1. The molecule has 0 radical (unpaired) electrons. The van der Waals surface area contributed by atoms with Crippen LogP contribution in [0.4, 0.5) is 0 Å². The van der Waals surface area contributed by atoms with Crippen LogP contribution in [0.15, 0.2) is 16.8 Å². The van der Waals surface area contributed by atoms with Gasteiger partial charge in [0, 0.05) is 26.2 Å². The van der Waals surface area contributed by atoms with Gasteiger partial charge in [0.15, 0.2) is 0 Å². The summed E-state index contributed by atoms with van der Waals surface area (Å²) in [6.45, 7) is 4.93. The number of nitrogens with zero attached hydrogens (tertiary/aromatic N) is 1. The molecule has 1 unspecified atom stereocenters. The van der Waals surface area contributed by atoms with E-state index in [0.29, 0.717) is 6.54 Å². The van der Waals surface area contributed by atoms with E-state index in [1.807, 2.05) is 16.8 Å². The Hall–Kier alpha value is -0.950. The van der Waals surface area contributed by atoms with E-state index in [-0.39, 0.29) is 0 Å². The number of aliphatic carboxylic acids is 1. The number of nitrogens with one attached hydrogen (secondary N) is 1. The van der Waals surface area contributed by atoms with E-state index >= 15 is 0 Å². The highest BCUT2D eigenvalue weighted by Crippen LogP contribution is 2.16. The van der Waals surface area contributed by atoms with Gasteiger partial charge in [-0.15, -0.1) is 0 Å². The maximum absolute atomic E-state index is 11.2. The minimum absolute atomic E-state index is 0.600. The summed E-state index contributed by atoms with van der Waals surface area (Å²) in [5.74, 6) is -0.824. The topological polar surface area (TPSA) is 61.8 Å². The van der Waals surface area contributed by atoms with Gasteiger partial charge in [0.2, 0.25) is 0 Å². The molecule has 1 saturated heterocycles. The van der Waals surface area contributed by atoms with Crippen LogP contribution in [0, 0.1) is 0 Å². The first-order valence-corrected chi connectivity index (χ1v) is 7.00. The van der Waals surface area contributed by atoms with Crippen LogP contribution < -0.4 is 5.32 Å². The number of morpholine rings is 1. The van der Waals surface area contributed by atoms with Gasteiger partial charge >= 0.3 is 5.97 Å². The van der Waals surface area contributed by atoms with E-state index in [1.54, 1.807) is 0 Å². The summed E-state index contributed by atoms with van der Waals surface area (Å²) in [6.07, 6.45) is 0. The van der Waals surface area contributed by atoms with Gasteiger partial charge in [-0.3, -0.25) is 15.0 Å². The minimum atomic E-state index is -0.824. The summed E-state index contributed by atoms with van der Waals surface area (Å²) in [6, 6.07) is 1.25. The fourth-order valence-electron chi connectivity index (χ4n) is 1.98. The van der Waals surface area contributed by atoms with E-state index in [4.69, 9.17) is 4.74 Å². The average molecular weight is 270 g/mol. The monoisotopic (exact) mass is 270 g/mol. The van der Waals surface area contributed by atoms with Crippen LogP contribution in [0.25, 0.3) is 0 Å². The smallest absolute Gasteiger partial charge is 0.325 e. The molecule has 0 amide bonds. The Kier molecular flexibility index (Phi) is 5.12. The molecule has 1 atom stereocenters. The molecule has 0 bridgehead atoms. The molecule has 18 heavy (non-hydrogen) atoms. The van der Waals surface area contributed by atoms with Gasteiger partial charge in [0.1, 0.15) is 6.04 Å². The standard InChI is InChI=1S/C12H18N2O3S/c15-12(16)11(10-1-8-18-9-10)13-2-3-14-4-6-17-7-5-14/h1,8-9,11,13H,2-7H2,(H,15,16). The van der Waals surface area contributed by atoms with Crippen LogP contribution in [0.3, 0.4) is 0 Å². The summed E-state index contributed by atoms with van der Waals surface area (Å²) in [7, 11) is 0. The molecule has 0 saturated carbocycles. The lowest BCUT2D eigenvalue weighted by molar-refractivity contribution is -0.139. The predicted octanol–water partition coefficient (Wildman–Crippen LogP) is 0.796. The van der Waals surface area contributed by atoms with Crippen LogP contribution in [-0.4, -0.2) is 55.4 Å². The summed E-state index contributed by atoms with van der Waals surface area (Å²) in [5.41, 5.74) is 0.828. The average Bonchev–Trinajstić information content (AvgIpc) is 2.89. The van der Waals surface area contributed by atoms with Crippen molar-refractivity contribution in [2.45, 2.75) is 6.04 Å². The number of hydrogen-bond acceptors (Lipinski definition) is 5. The van der Waals surface area contributed by atoms with Crippen molar-refractivity contribution < 1.29 is 14.6 Å². The third-order valence-corrected chi connectivity index (χ3v) is 3.71. The van der Waals surface area contributed by atoms with Crippen molar-refractivity contribution in [3.05, 3.63) is 22.4 Å². The Morgan fingerprint density at radius 1 is 1.56 bits per heavy atom. The van der Waals surface area contributed by atoms with Crippen LogP contribution >= 0.6 is 11.3 Å². The second-order valence-corrected chi connectivity index (χ2v) is 5.02. The maximum Gasteiger partial charge on any atom is 0.325 e. The van der Waals surface area contributed by atoms with Crippen molar-refractivity contribution in [3.8, 4) is 0 Å². The lowest BCUT2D eigenvalue weighted by Crippen LogP contribution is -2.41. The van der Waals surface area contributed by atoms with Crippen molar-refractivity contribution in [1.82, 2.24) is 10.2 Å². The SMILES string of the molecule is O=C(O)C(NCCN1CCOCC1)c1ccsc1. The molecule has 1 aromatic rings. The second kappa shape index (κ2) is 6.84. The van der Waals surface area contributed by atoms with Crippen molar-refractivity contribution in [1.29, 1.82) is 0 Å². The molecule has 1 fully saturated rings. The van der Waals surface area contributed by atoms with E-state index in [1.165, 1.54) is 11.3 Å². The normalized spacial score (nSPS) is 18.7.